The van der Waals surface area contributed by atoms with Gasteiger partial charge in [0.25, 0.3) is 0 Å². The van der Waals surface area contributed by atoms with Crippen LogP contribution in [0.3, 0.4) is 0 Å². The summed E-state index contributed by atoms with van der Waals surface area (Å²) in [6.07, 6.45) is 0. The molecule has 0 fully saturated rings. The molecule has 0 aliphatic carbocycles. The van der Waals surface area contributed by atoms with Crippen LogP contribution in [0, 0.1) is 11.6 Å². The van der Waals surface area contributed by atoms with E-state index in [1.807, 2.05) is 0 Å². The molecule has 0 radical (unpaired) electrons. The van der Waals surface area contributed by atoms with Crippen molar-refractivity contribution in [1.82, 2.24) is 0 Å². The van der Waals surface area contributed by atoms with Gasteiger partial charge in [-0.2, -0.15) is 0 Å². The Hall–Kier alpha value is -1.71. The standard InChI is InChI=1S/C11H10F2O2/c1-6(7(2)11(14)15)8-3-4-9(12)10(13)5-8/h3-6H,2H2,1H3,(H,14,15). The molecule has 2 nitrogen and oxygen atoms in total. The van der Waals surface area contributed by atoms with E-state index in [2.05, 4.69) is 6.58 Å². The summed E-state index contributed by atoms with van der Waals surface area (Å²) in [6, 6.07) is 3.29. The number of hydrogen-bond donors (Lipinski definition) is 1. The minimum absolute atomic E-state index is 0.0546. The number of carbonyl (C=O) groups is 1. The van der Waals surface area contributed by atoms with Gasteiger partial charge in [0.15, 0.2) is 11.6 Å². The molecule has 1 aromatic rings. The van der Waals surface area contributed by atoms with E-state index in [0.29, 0.717) is 5.56 Å². The zero-order chi connectivity index (χ0) is 11.6. The van der Waals surface area contributed by atoms with Gasteiger partial charge in [-0.25, -0.2) is 13.6 Å². The molecule has 0 heterocycles. The average molecular weight is 212 g/mol. The molecule has 0 saturated heterocycles. The second kappa shape index (κ2) is 4.21. The van der Waals surface area contributed by atoms with Gasteiger partial charge in [-0.3, -0.25) is 0 Å². The Kier molecular flexibility index (Phi) is 3.19. The average Bonchev–Trinajstić information content (AvgIpc) is 2.19. The van der Waals surface area contributed by atoms with Gasteiger partial charge in [0.05, 0.1) is 0 Å². The fourth-order valence-electron chi connectivity index (χ4n) is 1.17. The largest absolute Gasteiger partial charge is 0.478 e. The van der Waals surface area contributed by atoms with Crippen molar-refractivity contribution >= 4 is 5.97 Å². The van der Waals surface area contributed by atoms with E-state index in [1.54, 1.807) is 6.92 Å². The van der Waals surface area contributed by atoms with Crippen molar-refractivity contribution in [2.75, 3.05) is 0 Å². The molecule has 0 aliphatic heterocycles. The summed E-state index contributed by atoms with van der Waals surface area (Å²) < 4.78 is 25.5. The van der Waals surface area contributed by atoms with Crippen molar-refractivity contribution in [2.45, 2.75) is 12.8 Å². The summed E-state index contributed by atoms with van der Waals surface area (Å²) in [6.45, 7) is 4.94. The second-order valence-corrected chi connectivity index (χ2v) is 3.23. The van der Waals surface area contributed by atoms with Crippen molar-refractivity contribution in [3.8, 4) is 0 Å². The van der Waals surface area contributed by atoms with Crippen LogP contribution >= 0.6 is 0 Å². The highest BCUT2D eigenvalue weighted by Gasteiger charge is 2.16. The first-order valence-electron chi connectivity index (χ1n) is 4.30. The fourth-order valence-corrected chi connectivity index (χ4v) is 1.17. The van der Waals surface area contributed by atoms with Crippen LogP contribution in [0.25, 0.3) is 0 Å². The van der Waals surface area contributed by atoms with E-state index in [4.69, 9.17) is 5.11 Å². The maximum absolute atomic E-state index is 12.9. The van der Waals surface area contributed by atoms with Crippen LogP contribution in [0.1, 0.15) is 18.4 Å². The van der Waals surface area contributed by atoms with Crippen molar-refractivity contribution < 1.29 is 18.7 Å². The van der Waals surface area contributed by atoms with Gasteiger partial charge in [0, 0.05) is 11.5 Å². The summed E-state index contributed by atoms with van der Waals surface area (Å²) in [4.78, 5) is 10.6. The van der Waals surface area contributed by atoms with Crippen molar-refractivity contribution in [1.29, 1.82) is 0 Å². The third-order valence-corrected chi connectivity index (χ3v) is 2.24. The molecule has 15 heavy (non-hydrogen) atoms. The van der Waals surface area contributed by atoms with E-state index < -0.39 is 23.5 Å². The van der Waals surface area contributed by atoms with Crippen molar-refractivity contribution in [3.63, 3.8) is 0 Å². The Bertz CT molecular complexity index is 413. The van der Waals surface area contributed by atoms with Crippen molar-refractivity contribution in [2.24, 2.45) is 0 Å². The molecule has 0 bridgehead atoms. The Balaban J connectivity index is 3.02. The van der Waals surface area contributed by atoms with Crippen LogP contribution in [0.4, 0.5) is 8.78 Å². The first-order valence-corrected chi connectivity index (χ1v) is 4.30. The Morgan fingerprint density at radius 2 is 2.00 bits per heavy atom. The molecule has 0 aliphatic rings. The highest BCUT2D eigenvalue weighted by atomic mass is 19.2. The predicted molar refractivity (Wildman–Crippen MR) is 51.5 cm³/mol. The molecular formula is C11H10F2O2. The minimum Gasteiger partial charge on any atom is -0.478 e. The lowest BCUT2D eigenvalue weighted by atomic mass is 9.94. The molecule has 0 saturated carbocycles. The summed E-state index contributed by atoms with van der Waals surface area (Å²) in [7, 11) is 0. The van der Waals surface area contributed by atoms with Gasteiger partial charge in [0.1, 0.15) is 0 Å². The first-order chi connectivity index (χ1) is 6.93. The highest BCUT2D eigenvalue weighted by molar-refractivity contribution is 5.87. The van der Waals surface area contributed by atoms with E-state index in [0.717, 1.165) is 12.1 Å². The van der Waals surface area contributed by atoms with E-state index in [-0.39, 0.29) is 5.57 Å². The predicted octanol–water partition coefficient (Wildman–Crippen LogP) is 2.71. The molecule has 1 aromatic carbocycles. The number of rotatable bonds is 3. The molecule has 4 heteroatoms. The molecule has 0 amide bonds. The first kappa shape index (κ1) is 11.4. The quantitative estimate of drug-likeness (QED) is 0.782. The number of carboxylic acid groups (broad SMARTS) is 1. The Morgan fingerprint density at radius 3 is 2.47 bits per heavy atom. The second-order valence-electron chi connectivity index (χ2n) is 3.23. The summed E-state index contributed by atoms with van der Waals surface area (Å²) in [5, 5.41) is 8.67. The van der Waals surface area contributed by atoms with E-state index in [9.17, 15) is 13.6 Å². The SMILES string of the molecule is C=C(C(=O)O)C(C)c1ccc(F)c(F)c1. The molecule has 0 aromatic heterocycles. The van der Waals surface area contributed by atoms with Crippen molar-refractivity contribution in [3.05, 3.63) is 47.5 Å². The maximum atomic E-state index is 12.9. The molecule has 1 unspecified atom stereocenters. The molecular weight excluding hydrogens is 202 g/mol. The summed E-state index contributed by atoms with van der Waals surface area (Å²) in [5.74, 6) is -3.63. The number of hydrogen-bond acceptors (Lipinski definition) is 1. The van der Waals surface area contributed by atoms with Gasteiger partial charge in [0.2, 0.25) is 0 Å². The Morgan fingerprint density at radius 1 is 1.40 bits per heavy atom. The third kappa shape index (κ3) is 2.40. The fraction of sp³-hybridized carbons (Fsp3) is 0.182. The molecule has 80 valence electrons. The summed E-state index contributed by atoms with van der Waals surface area (Å²) in [5.41, 5.74) is 0.335. The molecule has 1 rings (SSSR count). The number of carboxylic acids is 1. The van der Waals surface area contributed by atoms with Gasteiger partial charge in [-0.15, -0.1) is 0 Å². The molecule has 0 spiro atoms. The van der Waals surface area contributed by atoms with Crippen LogP contribution in [-0.4, -0.2) is 11.1 Å². The minimum atomic E-state index is -1.15. The number of aliphatic carboxylic acids is 1. The lowest BCUT2D eigenvalue weighted by Crippen LogP contribution is -2.07. The van der Waals surface area contributed by atoms with Crippen LogP contribution in [-0.2, 0) is 4.79 Å². The zero-order valence-corrected chi connectivity index (χ0v) is 8.13. The Labute approximate surface area is 85.9 Å². The maximum Gasteiger partial charge on any atom is 0.331 e. The van der Waals surface area contributed by atoms with Gasteiger partial charge < -0.3 is 5.11 Å². The van der Waals surface area contributed by atoms with Gasteiger partial charge in [-0.05, 0) is 17.7 Å². The highest BCUT2D eigenvalue weighted by Crippen LogP contribution is 2.24. The third-order valence-electron chi connectivity index (χ3n) is 2.24. The van der Waals surface area contributed by atoms with Gasteiger partial charge >= 0.3 is 5.97 Å². The zero-order valence-electron chi connectivity index (χ0n) is 8.13. The number of benzene rings is 1. The van der Waals surface area contributed by atoms with E-state index in [1.165, 1.54) is 6.07 Å². The van der Waals surface area contributed by atoms with Gasteiger partial charge in [-0.1, -0.05) is 19.6 Å². The monoisotopic (exact) mass is 212 g/mol. The lowest BCUT2D eigenvalue weighted by molar-refractivity contribution is -0.132. The summed E-state index contributed by atoms with van der Waals surface area (Å²) >= 11 is 0. The van der Waals surface area contributed by atoms with Crippen LogP contribution in [0.15, 0.2) is 30.4 Å². The van der Waals surface area contributed by atoms with Crippen LogP contribution < -0.4 is 0 Å². The molecule has 1 atom stereocenters. The van der Waals surface area contributed by atoms with Crippen LogP contribution in [0.2, 0.25) is 0 Å². The number of halogens is 2. The van der Waals surface area contributed by atoms with E-state index >= 15 is 0 Å². The normalized spacial score (nSPS) is 12.2. The lowest BCUT2D eigenvalue weighted by Gasteiger charge is -2.11. The topological polar surface area (TPSA) is 37.3 Å². The van der Waals surface area contributed by atoms with Crippen LogP contribution in [0.5, 0.6) is 0 Å². The smallest absolute Gasteiger partial charge is 0.331 e. The molecule has 1 N–H and O–H groups in total.